The molecule has 0 saturated heterocycles. The topological polar surface area (TPSA) is 86.5 Å². The summed E-state index contributed by atoms with van der Waals surface area (Å²) in [5, 5.41) is 0. The number of nitrogens with two attached hydrogens (primary N) is 2. The maximum atomic E-state index is 13.7. The summed E-state index contributed by atoms with van der Waals surface area (Å²) in [5.74, 6) is -1.14. The zero-order valence-electron chi connectivity index (χ0n) is 9.24. The van der Waals surface area contributed by atoms with Crippen molar-refractivity contribution in [2.45, 2.75) is 12.0 Å². The summed E-state index contributed by atoms with van der Waals surface area (Å²) in [7, 11) is 0. The number of alkyl halides is 2. The fourth-order valence-corrected chi connectivity index (χ4v) is 1.73. The lowest BCUT2D eigenvalue weighted by molar-refractivity contribution is -0.0168. The second kappa shape index (κ2) is 4.45. The molecule has 0 fully saturated rings. The van der Waals surface area contributed by atoms with Crippen LogP contribution in [0, 0.1) is 5.82 Å². The van der Waals surface area contributed by atoms with Crippen LogP contribution in [0.4, 0.5) is 19.0 Å². The van der Waals surface area contributed by atoms with E-state index in [0.29, 0.717) is 0 Å². The van der Waals surface area contributed by atoms with E-state index < -0.39 is 30.1 Å². The molecular formula is C10H11F3N4O. The van der Waals surface area contributed by atoms with Crippen molar-refractivity contribution in [2.24, 2.45) is 10.7 Å². The molecule has 0 spiro atoms. The summed E-state index contributed by atoms with van der Waals surface area (Å²) in [6.07, 6.45) is -3.01. The molecule has 1 atom stereocenters. The van der Waals surface area contributed by atoms with Crippen molar-refractivity contribution in [1.82, 2.24) is 4.98 Å². The zero-order chi connectivity index (χ0) is 13.3. The summed E-state index contributed by atoms with van der Waals surface area (Å²) in [5.41, 5.74) is 7.98. The van der Waals surface area contributed by atoms with Crippen LogP contribution in [0.15, 0.2) is 17.1 Å². The number of amidine groups is 1. The highest BCUT2D eigenvalue weighted by atomic mass is 19.3. The lowest BCUT2D eigenvalue weighted by Gasteiger charge is -2.32. The summed E-state index contributed by atoms with van der Waals surface area (Å²) in [6.45, 7) is -0.572. The Hall–Kier alpha value is -1.83. The highest BCUT2D eigenvalue weighted by Crippen LogP contribution is 2.35. The molecule has 18 heavy (non-hydrogen) atoms. The number of nitrogens with zero attached hydrogens (tertiary/aromatic N) is 2. The number of pyridine rings is 1. The Morgan fingerprint density at radius 2 is 2.06 bits per heavy atom. The summed E-state index contributed by atoms with van der Waals surface area (Å²) in [6, 6.07) is 2.14. The van der Waals surface area contributed by atoms with Gasteiger partial charge in [-0.2, -0.15) is 0 Å². The largest absolute Gasteiger partial charge is 0.385 e. The number of aromatic nitrogens is 1. The third kappa shape index (κ3) is 1.99. The molecule has 98 valence electrons. The first-order valence-corrected chi connectivity index (χ1v) is 5.08. The molecule has 0 bridgehead atoms. The number of anilines is 1. The minimum Gasteiger partial charge on any atom is -0.385 e. The zero-order valence-corrected chi connectivity index (χ0v) is 9.24. The molecule has 1 aliphatic rings. The summed E-state index contributed by atoms with van der Waals surface area (Å²) in [4.78, 5) is 7.25. The smallest absolute Gasteiger partial charge is 0.271 e. The molecule has 2 rings (SSSR count). The predicted octanol–water partition coefficient (Wildman–Crippen LogP) is 0.651. The Morgan fingerprint density at radius 1 is 1.33 bits per heavy atom. The molecule has 1 aromatic heterocycles. The minimum atomic E-state index is -3.01. The summed E-state index contributed by atoms with van der Waals surface area (Å²) < 4.78 is 45.1. The van der Waals surface area contributed by atoms with Crippen molar-refractivity contribution < 1.29 is 17.9 Å². The fraction of sp³-hybridized carbons (Fsp3) is 0.400. The van der Waals surface area contributed by atoms with Crippen molar-refractivity contribution in [2.75, 3.05) is 18.9 Å². The van der Waals surface area contributed by atoms with Crippen molar-refractivity contribution in [3.63, 3.8) is 0 Å². The van der Waals surface area contributed by atoms with Gasteiger partial charge in [0.2, 0.25) is 0 Å². The van der Waals surface area contributed by atoms with E-state index in [1.54, 1.807) is 0 Å². The molecule has 0 unspecified atom stereocenters. The van der Waals surface area contributed by atoms with E-state index in [0.717, 1.165) is 6.07 Å². The molecule has 4 N–H and O–H groups in total. The van der Waals surface area contributed by atoms with Gasteiger partial charge in [-0.05, 0) is 12.1 Å². The Kier molecular flexibility index (Phi) is 3.12. The van der Waals surface area contributed by atoms with Crippen LogP contribution in [0.3, 0.4) is 0 Å². The van der Waals surface area contributed by atoms with E-state index in [2.05, 4.69) is 9.98 Å². The number of halogens is 3. The van der Waals surface area contributed by atoms with Crippen LogP contribution in [0.25, 0.3) is 0 Å². The Labute approximate surface area is 101 Å². The van der Waals surface area contributed by atoms with Gasteiger partial charge in [0.05, 0.1) is 6.61 Å². The van der Waals surface area contributed by atoms with E-state index in [4.69, 9.17) is 16.2 Å². The maximum absolute atomic E-state index is 13.7. The van der Waals surface area contributed by atoms with Crippen LogP contribution in [0.1, 0.15) is 5.69 Å². The van der Waals surface area contributed by atoms with E-state index in [1.807, 2.05) is 0 Å². The number of hydrogen-bond acceptors (Lipinski definition) is 5. The molecule has 1 aromatic rings. The lowest BCUT2D eigenvalue weighted by atomic mass is 9.95. The van der Waals surface area contributed by atoms with Gasteiger partial charge in [-0.25, -0.2) is 23.1 Å². The predicted molar refractivity (Wildman–Crippen MR) is 58.7 cm³/mol. The minimum absolute atomic E-state index is 0.0710. The van der Waals surface area contributed by atoms with Crippen molar-refractivity contribution >= 4 is 11.7 Å². The fourth-order valence-electron chi connectivity index (χ4n) is 1.73. The molecule has 0 aliphatic carbocycles. The molecule has 0 radical (unpaired) electrons. The molecule has 2 heterocycles. The van der Waals surface area contributed by atoms with Crippen LogP contribution in [-0.2, 0) is 10.3 Å². The van der Waals surface area contributed by atoms with Gasteiger partial charge in [0, 0.05) is 0 Å². The maximum Gasteiger partial charge on any atom is 0.271 e. The monoisotopic (exact) mass is 260 g/mol. The Bertz CT molecular complexity index is 494. The van der Waals surface area contributed by atoms with Gasteiger partial charge in [-0.1, -0.05) is 0 Å². The van der Waals surface area contributed by atoms with Crippen molar-refractivity contribution in [1.29, 1.82) is 0 Å². The number of ether oxygens (including phenoxy) is 1. The number of aliphatic imine (C=N–C) groups is 1. The van der Waals surface area contributed by atoms with E-state index in [1.165, 1.54) is 6.07 Å². The average molecular weight is 260 g/mol. The van der Waals surface area contributed by atoms with Gasteiger partial charge in [0.15, 0.2) is 5.54 Å². The molecule has 0 amide bonds. The molecule has 0 saturated carbocycles. The van der Waals surface area contributed by atoms with Gasteiger partial charge < -0.3 is 16.2 Å². The second-order valence-electron chi connectivity index (χ2n) is 3.89. The third-order valence-electron chi connectivity index (χ3n) is 2.55. The van der Waals surface area contributed by atoms with Gasteiger partial charge in [-0.15, -0.1) is 0 Å². The SMILES string of the molecule is NC1=N[C@](c2nc(N)ccc2F)(C(F)F)COC1. The molecule has 0 aromatic carbocycles. The Morgan fingerprint density at radius 3 is 2.67 bits per heavy atom. The van der Waals surface area contributed by atoms with Crippen LogP contribution in [0.2, 0.25) is 0 Å². The quantitative estimate of drug-likeness (QED) is 0.817. The van der Waals surface area contributed by atoms with Gasteiger partial charge in [0.1, 0.15) is 29.8 Å². The van der Waals surface area contributed by atoms with Gasteiger partial charge >= 0.3 is 0 Å². The Balaban J connectivity index is 2.61. The second-order valence-corrected chi connectivity index (χ2v) is 3.89. The number of rotatable bonds is 2. The van der Waals surface area contributed by atoms with Crippen LogP contribution in [-0.4, -0.2) is 30.5 Å². The normalized spacial score (nSPS) is 24.1. The highest BCUT2D eigenvalue weighted by Gasteiger charge is 2.47. The highest BCUT2D eigenvalue weighted by molar-refractivity contribution is 5.82. The molecular weight excluding hydrogens is 249 g/mol. The first kappa shape index (κ1) is 12.6. The number of nitrogen functional groups attached to an aromatic ring is 1. The van der Waals surface area contributed by atoms with Crippen LogP contribution in [0.5, 0.6) is 0 Å². The van der Waals surface area contributed by atoms with Gasteiger partial charge in [0.25, 0.3) is 6.43 Å². The van der Waals surface area contributed by atoms with Crippen molar-refractivity contribution in [3.8, 4) is 0 Å². The molecule has 8 heteroatoms. The lowest BCUT2D eigenvalue weighted by Crippen LogP contribution is -2.46. The first-order valence-electron chi connectivity index (χ1n) is 5.08. The molecule has 1 aliphatic heterocycles. The standard InChI is InChI=1S/C10H11F3N4O/c11-5-1-2-6(14)16-8(5)10(9(12)13)4-18-3-7(15)17-10/h1-2,9H,3-4H2,(H2,14,16)(H2,15,17)/t10-/m1/s1. The third-order valence-corrected chi connectivity index (χ3v) is 2.55. The average Bonchev–Trinajstić information content (AvgIpc) is 2.32. The van der Waals surface area contributed by atoms with E-state index in [-0.39, 0.29) is 18.3 Å². The van der Waals surface area contributed by atoms with Gasteiger partial charge in [-0.3, -0.25) is 0 Å². The van der Waals surface area contributed by atoms with Crippen molar-refractivity contribution in [3.05, 3.63) is 23.6 Å². The van der Waals surface area contributed by atoms with E-state index in [9.17, 15) is 13.2 Å². The number of hydrogen-bond donors (Lipinski definition) is 2. The van der Waals surface area contributed by atoms with E-state index >= 15 is 0 Å². The first-order chi connectivity index (χ1) is 8.45. The molecule has 5 nitrogen and oxygen atoms in total. The summed E-state index contributed by atoms with van der Waals surface area (Å²) >= 11 is 0. The van der Waals surface area contributed by atoms with Crippen LogP contribution >= 0.6 is 0 Å². The van der Waals surface area contributed by atoms with Crippen LogP contribution < -0.4 is 11.5 Å².